The van der Waals surface area contributed by atoms with E-state index in [2.05, 4.69) is 0 Å². The van der Waals surface area contributed by atoms with Crippen molar-refractivity contribution >= 4 is 11.6 Å². The van der Waals surface area contributed by atoms with Crippen LogP contribution in [0.2, 0.25) is 0 Å². The molecule has 114 valence electrons. The lowest BCUT2D eigenvalue weighted by Crippen LogP contribution is -2.44. The van der Waals surface area contributed by atoms with Crippen LogP contribution >= 0.6 is 0 Å². The van der Waals surface area contributed by atoms with Gasteiger partial charge in [-0.1, -0.05) is 35.9 Å². The van der Waals surface area contributed by atoms with Crippen LogP contribution in [0, 0.1) is 6.92 Å². The minimum absolute atomic E-state index is 0.0601. The Morgan fingerprint density at radius 2 is 1.82 bits per heavy atom. The fourth-order valence-corrected chi connectivity index (χ4v) is 2.59. The monoisotopic (exact) mass is 297 g/mol. The molecule has 1 atom stereocenters. The first kappa shape index (κ1) is 14.6. The van der Waals surface area contributed by atoms with Gasteiger partial charge in [0.25, 0.3) is 5.91 Å². The van der Waals surface area contributed by atoms with Crippen LogP contribution in [0.3, 0.4) is 0 Å². The summed E-state index contributed by atoms with van der Waals surface area (Å²) in [4.78, 5) is 14.2. The topological polar surface area (TPSA) is 49.8 Å². The zero-order chi connectivity index (χ0) is 15.7. The SMILES string of the molecule is Cc1ccc(CN2C(=O)C(C)Oc3ccc(CO)cc32)cc1. The zero-order valence-corrected chi connectivity index (χ0v) is 12.7. The van der Waals surface area contributed by atoms with Crippen molar-refractivity contribution in [1.29, 1.82) is 0 Å². The standard InChI is InChI=1S/C18H19NO3/c1-12-3-5-14(6-4-12)10-19-16-9-15(11-20)7-8-17(16)22-13(2)18(19)21/h3-9,13,20H,10-11H2,1-2H3. The molecule has 1 aliphatic rings. The summed E-state index contributed by atoms with van der Waals surface area (Å²) in [6.45, 7) is 4.23. The van der Waals surface area contributed by atoms with E-state index < -0.39 is 6.10 Å². The van der Waals surface area contributed by atoms with E-state index in [0.717, 1.165) is 16.8 Å². The first-order valence-corrected chi connectivity index (χ1v) is 7.36. The van der Waals surface area contributed by atoms with Gasteiger partial charge < -0.3 is 14.7 Å². The number of rotatable bonds is 3. The van der Waals surface area contributed by atoms with Gasteiger partial charge in [0.1, 0.15) is 5.75 Å². The molecule has 2 aromatic rings. The Labute approximate surface area is 130 Å². The van der Waals surface area contributed by atoms with Crippen LogP contribution in [0.15, 0.2) is 42.5 Å². The minimum atomic E-state index is -0.502. The molecule has 2 aromatic carbocycles. The van der Waals surface area contributed by atoms with Crippen molar-refractivity contribution in [3.63, 3.8) is 0 Å². The molecule has 3 rings (SSSR count). The minimum Gasteiger partial charge on any atom is -0.479 e. The number of fused-ring (bicyclic) bond motifs is 1. The zero-order valence-electron chi connectivity index (χ0n) is 12.7. The largest absolute Gasteiger partial charge is 0.479 e. The number of nitrogens with zero attached hydrogens (tertiary/aromatic N) is 1. The number of hydrogen-bond donors (Lipinski definition) is 1. The van der Waals surface area contributed by atoms with Gasteiger partial charge in [-0.2, -0.15) is 0 Å². The molecule has 0 spiro atoms. The lowest BCUT2D eigenvalue weighted by molar-refractivity contribution is -0.125. The highest BCUT2D eigenvalue weighted by atomic mass is 16.5. The average molecular weight is 297 g/mol. The number of amides is 1. The van der Waals surface area contributed by atoms with Gasteiger partial charge in [-0.05, 0) is 37.1 Å². The van der Waals surface area contributed by atoms with E-state index in [4.69, 9.17) is 4.74 Å². The van der Waals surface area contributed by atoms with E-state index in [1.807, 2.05) is 49.4 Å². The molecule has 0 bridgehead atoms. The molecule has 22 heavy (non-hydrogen) atoms. The number of aliphatic hydroxyl groups is 1. The normalized spacial score (nSPS) is 17.1. The molecule has 0 aliphatic carbocycles. The van der Waals surface area contributed by atoms with Crippen molar-refractivity contribution in [3.05, 3.63) is 59.2 Å². The third kappa shape index (κ3) is 2.70. The van der Waals surface area contributed by atoms with E-state index in [1.165, 1.54) is 5.56 Å². The van der Waals surface area contributed by atoms with Crippen molar-refractivity contribution in [1.82, 2.24) is 0 Å². The molecule has 1 N–H and O–H groups in total. The second-order valence-corrected chi connectivity index (χ2v) is 5.63. The highest BCUT2D eigenvalue weighted by Crippen LogP contribution is 2.35. The fraction of sp³-hybridized carbons (Fsp3) is 0.278. The summed E-state index contributed by atoms with van der Waals surface area (Å²) in [5, 5.41) is 9.32. The van der Waals surface area contributed by atoms with Crippen LogP contribution in [-0.2, 0) is 17.9 Å². The van der Waals surface area contributed by atoms with Crippen LogP contribution in [0.1, 0.15) is 23.6 Å². The van der Waals surface area contributed by atoms with Crippen molar-refractivity contribution in [2.24, 2.45) is 0 Å². The maximum atomic E-state index is 12.5. The van der Waals surface area contributed by atoms with E-state index >= 15 is 0 Å². The quantitative estimate of drug-likeness (QED) is 0.947. The second-order valence-electron chi connectivity index (χ2n) is 5.63. The molecular formula is C18H19NO3. The van der Waals surface area contributed by atoms with Crippen molar-refractivity contribution in [2.75, 3.05) is 4.90 Å². The van der Waals surface area contributed by atoms with Crippen LogP contribution in [0.4, 0.5) is 5.69 Å². The maximum absolute atomic E-state index is 12.5. The Hall–Kier alpha value is -2.33. The highest BCUT2D eigenvalue weighted by Gasteiger charge is 2.31. The molecule has 0 saturated heterocycles. The Bertz CT molecular complexity index is 694. The van der Waals surface area contributed by atoms with Gasteiger partial charge in [0.15, 0.2) is 6.10 Å². The van der Waals surface area contributed by atoms with Crippen LogP contribution in [0.5, 0.6) is 5.75 Å². The van der Waals surface area contributed by atoms with Gasteiger partial charge in [0.2, 0.25) is 0 Å². The Balaban J connectivity index is 1.98. The van der Waals surface area contributed by atoms with Gasteiger partial charge in [0, 0.05) is 0 Å². The Morgan fingerprint density at radius 1 is 1.14 bits per heavy atom. The summed E-state index contributed by atoms with van der Waals surface area (Å²) in [5.41, 5.74) is 3.73. The van der Waals surface area contributed by atoms with Gasteiger partial charge in [-0.15, -0.1) is 0 Å². The average Bonchev–Trinajstić information content (AvgIpc) is 2.53. The summed E-state index contributed by atoms with van der Waals surface area (Å²) in [6, 6.07) is 13.6. The summed E-state index contributed by atoms with van der Waals surface area (Å²) in [5.74, 6) is 0.611. The van der Waals surface area contributed by atoms with Crippen molar-refractivity contribution in [2.45, 2.75) is 33.1 Å². The highest BCUT2D eigenvalue weighted by molar-refractivity contribution is 5.99. The molecular weight excluding hydrogens is 278 g/mol. The Morgan fingerprint density at radius 3 is 2.50 bits per heavy atom. The van der Waals surface area contributed by atoms with Crippen molar-refractivity contribution in [3.8, 4) is 5.75 Å². The number of carbonyl (C=O) groups excluding carboxylic acids is 1. The molecule has 0 fully saturated rings. The number of aryl methyl sites for hydroxylation is 1. The smallest absolute Gasteiger partial charge is 0.268 e. The molecule has 1 unspecified atom stereocenters. The summed E-state index contributed by atoms with van der Waals surface area (Å²) < 4.78 is 5.66. The second kappa shape index (κ2) is 5.81. The summed E-state index contributed by atoms with van der Waals surface area (Å²) in [6.07, 6.45) is -0.502. The number of ether oxygens (including phenoxy) is 1. The number of anilines is 1. The van der Waals surface area contributed by atoms with Gasteiger partial charge in [0.05, 0.1) is 18.8 Å². The Kier molecular flexibility index (Phi) is 3.86. The third-order valence-electron chi connectivity index (χ3n) is 3.88. The van der Waals surface area contributed by atoms with E-state index in [9.17, 15) is 9.90 Å². The molecule has 0 saturated carbocycles. The first-order valence-electron chi connectivity index (χ1n) is 7.36. The molecule has 1 aliphatic heterocycles. The molecule has 0 aromatic heterocycles. The number of carbonyl (C=O) groups is 1. The lowest BCUT2D eigenvalue weighted by Gasteiger charge is -2.33. The van der Waals surface area contributed by atoms with Gasteiger partial charge in [-0.3, -0.25) is 4.79 Å². The molecule has 0 radical (unpaired) electrons. The first-order chi connectivity index (χ1) is 10.6. The van der Waals surface area contributed by atoms with E-state index in [-0.39, 0.29) is 12.5 Å². The van der Waals surface area contributed by atoms with Gasteiger partial charge >= 0.3 is 0 Å². The predicted molar refractivity (Wildman–Crippen MR) is 84.8 cm³/mol. The predicted octanol–water partition coefficient (Wildman–Crippen LogP) is 2.80. The third-order valence-corrected chi connectivity index (χ3v) is 3.88. The van der Waals surface area contributed by atoms with E-state index in [0.29, 0.717) is 12.3 Å². The fourth-order valence-electron chi connectivity index (χ4n) is 2.59. The molecule has 1 heterocycles. The maximum Gasteiger partial charge on any atom is 0.268 e. The molecule has 4 heteroatoms. The van der Waals surface area contributed by atoms with Gasteiger partial charge in [-0.25, -0.2) is 0 Å². The molecule has 1 amide bonds. The van der Waals surface area contributed by atoms with Crippen LogP contribution in [-0.4, -0.2) is 17.1 Å². The number of hydrogen-bond acceptors (Lipinski definition) is 3. The van der Waals surface area contributed by atoms with Crippen LogP contribution in [0.25, 0.3) is 0 Å². The lowest BCUT2D eigenvalue weighted by atomic mass is 10.1. The van der Waals surface area contributed by atoms with Crippen molar-refractivity contribution < 1.29 is 14.6 Å². The number of benzene rings is 2. The number of aliphatic hydroxyl groups excluding tert-OH is 1. The molecule has 4 nitrogen and oxygen atoms in total. The van der Waals surface area contributed by atoms with Crippen LogP contribution < -0.4 is 9.64 Å². The van der Waals surface area contributed by atoms with E-state index in [1.54, 1.807) is 11.8 Å². The summed E-state index contributed by atoms with van der Waals surface area (Å²) in [7, 11) is 0. The summed E-state index contributed by atoms with van der Waals surface area (Å²) >= 11 is 0.